The summed E-state index contributed by atoms with van der Waals surface area (Å²) in [6, 6.07) is 0. The van der Waals surface area contributed by atoms with Gasteiger partial charge in [-0.2, -0.15) is 0 Å². The normalized spacial score (nSPS) is 15.2. The molecule has 0 rings (SSSR count). The van der Waals surface area contributed by atoms with E-state index in [1.165, 1.54) is 0 Å². The third kappa shape index (κ3) is 8.74. The lowest BCUT2D eigenvalue weighted by Gasteiger charge is -2.22. The molecule has 0 N–H and O–H groups in total. The largest absolute Gasteiger partial charge is 0.465 e. The van der Waals surface area contributed by atoms with Crippen molar-refractivity contribution in [1.29, 1.82) is 0 Å². The van der Waals surface area contributed by atoms with Crippen LogP contribution in [0.1, 0.15) is 61.8 Å². The van der Waals surface area contributed by atoms with Gasteiger partial charge in [-0.25, -0.2) is 0 Å². The summed E-state index contributed by atoms with van der Waals surface area (Å²) in [6.45, 7) is 16.0. The first-order valence-electron chi connectivity index (χ1n) is 7.68. The molecule has 2 unspecified atom stereocenters. The van der Waals surface area contributed by atoms with Crippen molar-refractivity contribution in [3.8, 4) is 0 Å². The van der Waals surface area contributed by atoms with Gasteiger partial charge in [0.2, 0.25) is 0 Å². The van der Waals surface area contributed by atoms with E-state index >= 15 is 0 Å². The van der Waals surface area contributed by atoms with Crippen molar-refractivity contribution in [2.24, 2.45) is 22.7 Å². The molecule has 0 aliphatic rings. The second-order valence-corrected chi connectivity index (χ2v) is 8.14. The zero-order valence-corrected chi connectivity index (χ0v) is 14.9. The fraction of sp³-hybridized carbons (Fsp3) is 0.882. The van der Waals surface area contributed by atoms with E-state index in [0.717, 1.165) is 6.42 Å². The Balaban J connectivity index is 4.03. The maximum absolute atomic E-state index is 11.7. The summed E-state index contributed by atoms with van der Waals surface area (Å²) in [7, 11) is 0. The first-order chi connectivity index (χ1) is 9.34. The summed E-state index contributed by atoms with van der Waals surface area (Å²) in [5.41, 5.74) is -0.929. The van der Waals surface area contributed by atoms with Crippen LogP contribution >= 0.6 is 0 Å². The van der Waals surface area contributed by atoms with Crippen LogP contribution in [-0.4, -0.2) is 25.2 Å². The van der Waals surface area contributed by atoms with Gasteiger partial charge < -0.3 is 9.47 Å². The molecule has 0 aromatic heterocycles. The molecule has 0 aliphatic carbocycles. The summed E-state index contributed by atoms with van der Waals surface area (Å²) in [6.07, 6.45) is 0.856. The summed E-state index contributed by atoms with van der Waals surface area (Å²) in [4.78, 5) is 23.4. The Kier molecular flexibility index (Phi) is 7.41. The fourth-order valence-electron chi connectivity index (χ4n) is 1.69. The molecule has 0 fully saturated rings. The second kappa shape index (κ2) is 7.81. The van der Waals surface area contributed by atoms with Gasteiger partial charge in [-0.05, 0) is 59.8 Å². The Morgan fingerprint density at radius 1 is 0.762 bits per heavy atom. The van der Waals surface area contributed by atoms with Crippen LogP contribution in [0.15, 0.2) is 0 Å². The molecule has 0 saturated heterocycles. The van der Waals surface area contributed by atoms with Crippen molar-refractivity contribution < 1.29 is 19.1 Å². The molecule has 0 aromatic carbocycles. The Hall–Kier alpha value is -1.06. The Bertz CT molecular complexity index is 313. The van der Waals surface area contributed by atoms with Crippen molar-refractivity contribution in [3.05, 3.63) is 0 Å². The zero-order valence-electron chi connectivity index (χ0n) is 14.9. The van der Waals surface area contributed by atoms with E-state index in [4.69, 9.17) is 9.47 Å². The van der Waals surface area contributed by atoms with E-state index in [0.29, 0.717) is 13.2 Å². The smallest absolute Gasteiger partial charge is 0.311 e. The summed E-state index contributed by atoms with van der Waals surface area (Å²) in [5.74, 6) is 0.140. The quantitative estimate of drug-likeness (QED) is 0.700. The summed E-state index contributed by atoms with van der Waals surface area (Å²) in [5, 5.41) is 0. The van der Waals surface area contributed by atoms with Gasteiger partial charge in [-0.15, -0.1) is 0 Å². The Morgan fingerprint density at radius 3 is 1.29 bits per heavy atom. The molecule has 0 heterocycles. The van der Waals surface area contributed by atoms with E-state index in [-0.39, 0.29) is 23.8 Å². The average Bonchev–Trinajstić information content (AvgIpc) is 2.30. The minimum absolute atomic E-state index is 0.179. The molecule has 0 amide bonds. The molecule has 4 heteroatoms. The molecule has 124 valence electrons. The maximum Gasteiger partial charge on any atom is 0.311 e. The first kappa shape index (κ1) is 19.9. The lowest BCUT2D eigenvalue weighted by molar-refractivity contribution is -0.154. The van der Waals surface area contributed by atoms with Crippen LogP contribution in [0.3, 0.4) is 0 Å². The number of carbonyl (C=O) groups is 2. The third-order valence-corrected chi connectivity index (χ3v) is 3.03. The molecule has 21 heavy (non-hydrogen) atoms. The Morgan fingerprint density at radius 2 is 1.05 bits per heavy atom. The number of hydrogen-bond acceptors (Lipinski definition) is 4. The number of esters is 2. The molecular weight excluding hydrogens is 268 g/mol. The topological polar surface area (TPSA) is 52.6 Å². The molecule has 4 nitrogen and oxygen atoms in total. The molecule has 0 bridgehead atoms. The third-order valence-electron chi connectivity index (χ3n) is 3.03. The van der Waals surface area contributed by atoms with Crippen molar-refractivity contribution in [2.75, 3.05) is 13.2 Å². The number of rotatable bonds is 6. The van der Waals surface area contributed by atoms with Crippen LogP contribution < -0.4 is 0 Å². The standard InChI is InChI=1S/C17H32O4/c1-12(10-20-14(18)16(3,4)5)9-13(2)11-21-15(19)17(6,7)8/h12-13H,9-11H2,1-8H3. The van der Waals surface area contributed by atoms with Crippen LogP contribution in [0.4, 0.5) is 0 Å². The molecule has 0 radical (unpaired) electrons. The molecule has 2 atom stereocenters. The van der Waals surface area contributed by atoms with E-state index in [2.05, 4.69) is 0 Å². The average molecular weight is 300 g/mol. The van der Waals surface area contributed by atoms with Gasteiger partial charge in [0.15, 0.2) is 0 Å². The van der Waals surface area contributed by atoms with Gasteiger partial charge in [-0.1, -0.05) is 13.8 Å². The summed E-state index contributed by atoms with van der Waals surface area (Å²) < 4.78 is 10.6. The van der Waals surface area contributed by atoms with Crippen LogP contribution in [0.25, 0.3) is 0 Å². The molecule has 0 aromatic rings. The van der Waals surface area contributed by atoms with E-state index in [9.17, 15) is 9.59 Å². The van der Waals surface area contributed by atoms with Crippen LogP contribution in [0.2, 0.25) is 0 Å². The van der Waals surface area contributed by atoms with Crippen molar-refractivity contribution in [3.63, 3.8) is 0 Å². The minimum Gasteiger partial charge on any atom is -0.465 e. The molecule has 0 spiro atoms. The maximum atomic E-state index is 11.7. The molecular formula is C17H32O4. The highest BCUT2D eigenvalue weighted by Gasteiger charge is 2.25. The van der Waals surface area contributed by atoms with E-state index in [1.54, 1.807) is 0 Å². The first-order valence-corrected chi connectivity index (χ1v) is 7.68. The molecule has 0 saturated carbocycles. The van der Waals surface area contributed by atoms with Crippen LogP contribution in [-0.2, 0) is 19.1 Å². The lowest BCUT2D eigenvalue weighted by atomic mass is 9.96. The van der Waals surface area contributed by atoms with Gasteiger partial charge in [0.1, 0.15) is 0 Å². The van der Waals surface area contributed by atoms with E-state index in [1.807, 2.05) is 55.4 Å². The SMILES string of the molecule is CC(COC(=O)C(C)(C)C)CC(C)COC(=O)C(C)(C)C. The van der Waals surface area contributed by atoms with Gasteiger partial charge in [-0.3, -0.25) is 9.59 Å². The highest BCUT2D eigenvalue weighted by Crippen LogP contribution is 2.19. The predicted molar refractivity (Wildman–Crippen MR) is 83.8 cm³/mol. The zero-order chi connectivity index (χ0) is 16.8. The predicted octanol–water partition coefficient (Wildman–Crippen LogP) is 3.83. The lowest BCUT2D eigenvalue weighted by Crippen LogP contribution is -2.27. The molecule has 0 aliphatic heterocycles. The van der Waals surface area contributed by atoms with Gasteiger partial charge in [0.25, 0.3) is 0 Å². The van der Waals surface area contributed by atoms with Crippen molar-refractivity contribution in [1.82, 2.24) is 0 Å². The van der Waals surface area contributed by atoms with Gasteiger partial charge >= 0.3 is 11.9 Å². The fourth-order valence-corrected chi connectivity index (χ4v) is 1.69. The van der Waals surface area contributed by atoms with Crippen molar-refractivity contribution >= 4 is 11.9 Å². The highest BCUT2D eigenvalue weighted by atomic mass is 16.5. The summed E-state index contributed by atoms with van der Waals surface area (Å²) >= 11 is 0. The minimum atomic E-state index is -0.465. The van der Waals surface area contributed by atoms with Gasteiger partial charge in [0.05, 0.1) is 24.0 Å². The van der Waals surface area contributed by atoms with Crippen LogP contribution in [0, 0.1) is 22.7 Å². The number of carbonyl (C=O) groups excluding carboxylic acids is 2. The Labute approximate surface area is 129 Å². The number of ether oxygens (including phenoxy) is 2. The van der Waals surface area contributed by atoms with Gasteiger partial charge in [0, 0.05) is 0 Å². The van der Waals surface area contributed by atoms with Crippen molar-refractivity contribution in [2.45, 2.75) is 61.8 Å². The van der Waals surface area contributed by atoms with Crippen LogP contribution in [0.5, 0.6) is 0 Å². The monoisotopic (exact) mass is 300 g/mol. The highest BCUT2D eigenvalue weighted by molar-refractivity contribution is 5.75. The second-order valence-electron chi connectivity index (χ2n) is 8.14. The van der Waals surface area contributed by atoms with E-state index < -0.39 is 10.8 Å². The number of hydrogen-bond donors (Lipinski definition) is 0.